The zero-order valence-corrected chi connectivity index (χ0v) is 9.89. The van der Waals surface area contributed by atoms with Crippen LogP contribution in [0, 0.1) is 0 Å². The Kier molecular flexibility index (Phi) is 4.62. The Morgan fingerprint density at radius 2 is 2.08 bits per heavy atom. The zero-order chi connectivity index (χ0) is 9.73. The van der Waals surface area contributed by atoms with Gasteiger partial charge in [-0.3, -0.25) is 0 Å². The first-order valence-electron chi connectivity index (χ1n) is 4.60. The second kappa shape index (κ2) is 5.27. The Morgan fingerprint density at radius 1 is 1.46 bits per heavy atom. The lowest BCUT2D eigenvalue weighted by molar-refractivity contribution is -0.117. The van der Waals surface area contributed by atoms with Crippen LogP contribution in [-0.2, 0) is 4.79 Å². The van der Waals surface area contributed by atoms with Gasteiger partial charge in [-0.1, -0.05) is 0 Å². The van der Waals surface area contributed by atoms with Crippen LogP contribution in [-0.4, -0.2) is 35.0 Å². The van der Waals surface area contributed by atoms with Crippen LogP contribution in [0.1, 0.15) is 19.8 Å². The Hall–Kier alpha value is 0.330. The van der Waals surface area contributed by atoms with Crippen molar-refractivity contribution in [1.29, 1.82) is 0 Å². The van der Waals surface area contributed by atoms with Gasteiger partial charge in [-0.2, -0.15) is 0 Å². The third-order valence-corrected chi connectivity index (χ3v) is 5.65. The standard InChI is InChI=1S/C9H17NOS2/c1-8(11)3-4-9(7-10-2)12-5-6-13-9/h10H,3-7H2,1-2H3. The van der Waals surface area contributed by atoms with Gasteiger partial charge in [0.15, 0.2) is 0 Å². The molecule has 0 aromatic rings. The van der Waals surface area contributed by atoms with E-state index < -0.39 is 0 Å². The van der Waals surface area contributed by atoms with Crippen molar-refractivity contribution in [2.24, 2.45) is 0 Å². The number of thioether (sulfide) groups is 2. The lowest BCUT2D eigenvalue weighted by atomic mass is 10.2. The van der Waals surface area contributed by atoms with Crippen molar-refractivity contribution in [3.63, 3.8) is 0 Å². The van der Waals surface area contributed by atoms with Crippen molar-refractivity contribution in [2.45, 2.75) is 23.8 Å². The highest BCUT2D eigenvalue weighted by Crippen LogP contribution is 2.46. The molecular weight excluding hydrogens is 202 g/mol. The van der Waals surface area contributed by atoms with Gasteiger partial charge in [0, 0.05) is 24.5 Å². The number of hydrogen-bond donors (Lipinski definition) is 1. The van der Waals surface area contributed by atoms with Crippen LogP contribution in [0.4, 0.5) is 0 Å². The van der Waals surface area contributed by atoms with Crippen LogP contribution in [0.2, 0.25) is 0 Å². The van der Waals surface area contributed by atoms with E-state index in [2.05, 4.69) is 5.32 Å². The number of hydrogen-bond acceptors (Lipinski definition) is 4. The summed E-state index contributed by atoms with van der Waals surface area (Å²) in [6.07, 6.45) is 1.74. The smallest absolute Gasteiger partial charge is 0.129 e. The fourth-order valence-corrected chi connectivity index (χ4v) is 4.70. The van der Waals surface area contributed by atoms with Gasteiger partial charge in [0.1, 0.15) is 5.78 Å². The average molecular weight is 219 g/mol. The molecule has 0 bridgehead atoms. The summed E-state index contributed by atoms with van der Waals surface area (Å²) in [6.45, 7) is 2.69. The molecule has 1 N–H and O–H groups in total. The fourth-order valence-electron chi connectivity index (χ4n) is 1.47. The number of Topliss-reactive ketones (excluding diaryl/α,β-unsaturated/α-hetero) is 1. The molecule has 4 heteroatoms. The predicted molar refractivity (Wildman–Crippen MR) is 61.5 cm³/mol. The largest absolute Gasteiger partial charge is 0.318 e. The monoisotopic (exact) mass is 219 g/mol. The Morgan fingerprint density at radius 3 is 2.54 bits per heavy atom. The summed E-state index contributed by atoms with van der Waals surface area (Å²) in [5.41, 5.74) is 0. The van der Waals surface area contributed by atoms with Gasteiger partial charge < -0.3 is 10.1 Å². The molecule has 1 saturated heterocycles. The maximum Gasteiger partial charge on any atom is 0.129 e. The van der Waals surface area contributed by atoms with Crippen LogP contribution < -0.4 is 5.32 Å². The highest BCUT2D eigenvalue weighted by atomic mass is 32.2. The molecule has 0 atom stereocenters. The van der Waals surface area contributed by atoms with E-state index in [9.17, 15) is 4.79 Å². The fraction of sp³-hybridized carbons (Fsp3) is 0.889. The molecule has 1 fully saturated rings. The molecule has 0 spiro atoms. The van der Waals surface area contributed by atoms with E-state index in [1.807, 2.05) is 30.6 Å². The highest BCUT2D eigenvalue weighted by molar-refractivity contribution is 8.21. The van der Waals surface area contributed by atoms with Crippen molar-refractivity contribution in [1.82, 2.24) is 5.32 Å². The Bertz CT molecular complexity index is 178. The molecule has 1 rings (SSSR count). The van der Waals surface area contributed by atoms with E-state index >= 15 is 0 Å². The Labute approximate surface area is 88.6 Å². The maximum absolute atomic E-state index is 10.9. The first-order chi connectivity index (χ1) is 6.18. The van der Waals surface area contributed by atoms with E-state index in [0.29, 0.717) is 5.78 Å². The molecule has 1 aliphatic heterocycles. The number of carbonyl (C=O) groups excluding carboxylic acids is 1. The van der Waals surface area contributed by atoms with Gasteiger partial charge >= 0.3 is 0 Å². The highest BCUT2D eigenvalue weighted by Gasteiger charge is 2.34. The molecule has 13 heavy (non-hydrogen) atoms. The summed E-state index contributed by atoms with van der Waals surface area (Å²) in [5, 5.41) is 3.22. The topological polar surface area (TPSA) is 29.1 Å². The summed E-state index contributed by atoms with van der Waals surface area (Å²) >= 11 is 4.01. The van der Waals surface area contributed by atoms with Crippen molar-refractivity contribution in [2.75, 3.05) is 25.1 Å². The molecule has 0 aromatic carbocycles. The lowest BCUT2D eigenvalue weighted by Crippen LogP contribution is -2.31. The molecule has 0 amide bonds. The van der Waals surface area contributed by atoms with Crippen molar-refractivity contribution < 1.29 is 4.79 Å². The van der Waals surface area contributed by atoms with E-state index in [0.717, 1.165) is 19.4 Å². The molecular formula is C9H17NOS2. The normalized spacial score (nSPS) is 20.5. The SMILES string of the molecule is CNCC1(CCC(C)=O)SCCS1. The van der Waals surface area contributed by atoms with Crippen LogP contribution in [0.25, 0.3) is 0 Å². The number of rotatable bonds is 5. The molecule has 0 unspecified atom stereocenters. The van der Waals surface area contributed by atoms with Gasteiger partial charge in [-0.25, -0.2) is 0 Å². The molecule has 2 nitrogen and oxygen atoms in total. The second-order valence-electron chi connectivity index (χ2n) is 3.34. The molecule has 0 radical (unpaired) electrons. The molecule has 76 valence electrons. The number of ketones is 1. The van der Waals surface area contributed by atoms with E-state index in [-0.39, 0.29) is 4.08 Å². The van der Waals surface area contributed by atoms with Crippen LogP contribution in [0.15, 0.2) is 0 Å². The van der Waals surface area contributed by atoms with Gasteiger partial charge in [0.2, 0.25) is 0 Å². The van der Waals surface area contributed by atoms with Gasteiger partial charge in [0.25, 0.3) is 0 Å². The van der Waals surface area contributed by atoms with Crippen LogP contribution >= 0.6 is 23.5 Å². The summed E-state index contributed by atoms with van der Waals surface area (Å²) < 4.78 is 0.278. The zero-order valence-electron chi connectivity index (χ0n) is 8.26. The van der Waals surface area contributed by atoms with E-state index in [1.54, 1.807) is 6.92 Å². The molecule has 0 aromatic heterocycles. The third-order valence-electron chi connectivity index (χ3n) is 2.12. The average Bonchev–Trinajstić information content (AvgIpc) is 2.51. The molecule has 1 aliphatic rings. The number of carbonyl (C=O) groups is 1. The Balaban J connectivity index is 2.41. The van der Waals surface area contributed by atoms with Gasteiger partial charge in [-0.05, 0) is 20.4 Å². The summed E-state index contributed by atoms with van der Waals surface area (Å²) in [7, 11) is 1.98. The summed E-state index contributed by atoms with van der Waals surface area (Å²) in [5.74, 6) is 2.76. The van der Waals surface area contributed by atoms with Crippen LogP contribution in [0.3, 0.4) is 0 Å². The van der Waals surface area contributed by atoms with Crippen molar-refractivity contribution >= 4 is 29.3 Å². The van der Waals surface area contributed by atoms with Crippen LogP contribution in [0.5, 0.6) is 0 Å². The first-order valence-corrected chi connectivity index (χ1v) is 6.58. The van der Waals surface area contributed by atoms with Gasteiger partial charge in [-0.15, -0.1) is 23.5 Å². The minimum Gasteiger partial charge on any atom is -0.318 e. The van der Waals surface area contributed by atoms with Crippen molar-refractivity contribution in [3.05, 3.63) is 0 Å². The lowest BCUT2D eigenvalue weighted by Gasteiger charge is -2.26. The minimum atomic E-state index is 0.278. The van der Waals surface area contributed by atoms with Gasteiger partial charge in [0.05, 0.1) is 4.08 Å². The minimum absolute atomic E-state index is 0.278. The predicted octanol–water partition coefficient (Wildman–Crippen LogP) is 1.75. The molecule has 1 heterocycles. The van der Waals surface area contributed by atoms with Crippen molar-refractivity contribution in [3.8, 4) is 0 Å². The second-order valence-corrected chi connectivity index (χ2v) is 6.56. The maximum atomic E-state index is 10.9. The van der Waals surface area contributed by atoms with E-state index in [4.69, 9.17) is 0 Å². The van der Waals surface area contributed by atoms with E-state index in [1.165, 1.54) is 11.5 Å². The molecule has 0 aliphatic carbocycles. The third kappa shape index (κ3) is 3.52. The molecule has 0 saturated carbocycles. The quantitative estimate of drug-likeness (QED) is 0.763. The summed E-state index contributed by atoms with van der Waals surface area (Å²) in [6, 6.07) is 0. The first kappa shape index (κ1) is 11.4. The summed E-state index contributed by atoms with van der Waals surface area (Å²) in [4.78, 5) is 10.9. The number of nitrogens with one attached hydrogen (secondary N) is 1.